The van der Waals surface area contributed by atoms with Crippen LogP contribution in [0.25, 0.3) is 21.8 Å². The van der Waals surface area contributed by atoms with Gasteiger partial charge in [-0.2, -0.15) is 0 Å². The van der Waals surface area contributed by atoms with E-state index in [1.807, 2.05) is 79.7 Å². The van der Waals surface area contributed by atoms with E-state index in [2.05, 4.69) is 9.97 Å². The second-order valence-corrected chi connectivity index (χ2v) is 16.7. The number of amides is 1. The molecule has 3 atom stereocenters. The van der Waals surface area contributed by atoms with Gasteiger partial charge in [0.05, 0.1) is 11.6 Å². The highest BCUT2D eigenvalue weighted by atomic mass is 33.1. The van der Waals surface area contributed by atoms with Crippen LogP contribution in [0.1, 0.15) is 74.2 Å². The predicted octanol–water partition coefficient (Wildman–Crippen LogP) is 7.56. The van der Waals surface area contributed by atoms with Crippen LogP contribution in [-0.2, 0) is 27.8 Å². The summed E-state index contributed by atoms with van der Waals surface area (Å²) >= 11 is 0. The molecule has 1 amide bonds. The number of nitrogens with one attached hydrogen (secondary N) is 2. The summed E-state index contributed by atoms with van der Waals surface area (Å²) in [4.78, 5) is 72.3. The smallest absolute Gasteiger partial charge is 0.307 e. The normalized spacial score (nSPS) is 19.2. The molecule has 2 fully saturated rings. The monoisotopic (exact) mass is 731 g/mol. The van der Waals surface area contributed by atoms with Crippen molar-refractivity contribution in [1.29, 1.82) is 0 Å². The van der Waals surface area contributed by atoms with Crippen molar-refractivity contribution in [1.82, 2.24) is 14.9 Å². The number of aliphatic carboxylic acids is 1. The first kappa shape index (κ1) is 34.2. The number of nitrogens with zero attached hydrogens (tertiary/aromatic N) is 1. The van der Waals surface area contributed by atoms with E-state index in [1.54, 1.807) is 11.0 Å². The third kappa shape index (κ3) is 6.19. The Balaban J connectivity index is 0.893. The summed E-state index contributed by atoms with van der Waals surface area (Å²) < 4.78 is 0. The van der Waals surface area contributed by atoms with E-state index in [1.165, 1.54) is 21.6 Å². The highest BCUT2D eigenvalue weighted by Gasteiger charge is 2.67. The van der Waals surface area contributed by atoms with Gasteiger partial charge in [-0.05, 0) is 71.8 Å². The van der Waals surface area contributed by atoms with E-state index in [-0.39, 0.29) is 41.0 Å². The first-order valence-corrected chi connectivity index (χ1v) is 20.1. The summed E-state index contributed by atoms with van der Waals surface area (Å²) in [6.45, 7) is 2.45. The highest BCUT2D eigenvalue weighted by Crippen LogP contribution is 2.66. The fraction of sp³-hybridized carbons (Fsp3) is 0.293. The molecule has 264 valence electrons. The quantitative estimate of drug-likeness (QED) is 0.0604. The Morgan fingerprint density at radius 2 is 1.60 bits per heavy atom. The number of hydrogen-bond acceptors (Lipinski definition) is 7. The molecule has 8 rings (SSSR count). The molecular weight excluding hydrogens is 695 g/mol. The number of carboxylic acids is 1. The van der Waals surface area contributed by atoms with Gasteiger partial charge in [0, 0.05) is 81.9 Å². The molecule has 3 aliphatic rings. The number of rotatable bonds is 14. The average molecular weight is 732 g/mol. The van der Waals surface area contributed by atoms with Crippen LogP contribution in [0.5, 0.6) is 0 Å². The second-order valence-electron chi connectivity index (χ2n) is 14.1. The fourth-order valence-electron chi connectivity index (χ4n) is 7.88. The molecule has 0 radical (unpaired) electrons. The van der Waals surface area contributed by atoms with Gasteiger partial charge in [-0.1, -0.05) is 64.9 Å². The molecule has 0 bridgehead atoms. The first-order chi connectivity index (χ1) is 25.1. The topological polar surface area (TPSA) is 140 Å². The largest absolute Gasteiger partial charge is 0.481 e. The van der Waals surface area contributed by atoms with Crippen LogP contribution in [0.4, 0.5) is 0 Å². The van der Waals surface area contributed by atoms with Crippen LogP contribution in [0, 0.1) is 11.8 Å². The van der Waals surface area contributed by atoms with Gasteiger partial charge < -0.3 is 20.0 Å². The number of aromatic nitrogens is 2. The molecule has 2 aromatic heterocycles. The van der Waals surface area contributed by atoms with Crippen LogP contribution < -0.4 is 0 Å². The van der Waals surface area contributed by atoms with Crippen molar-refractivity contribution in [2.45, 2.75) is 44.4 Å². The zero-order chi connectivity index (χ0) is 36.1. The SMILES string of the molecule is CC[C@@H](CSSCCC(=O)Cc1ccc2[nH]c(C(=O)Cc3ccc4[nH]c(C(=O)N5CC6CC67C5=CC(=O)c5ccccc57)cc4c3)cc2c1)C(=O)O. The second kappa shape index (κ2) is 13.6. The Bertz CT molecular complexity index is 2340. The zero-order valence-electron chi connectivity index (χ0n) is 28.6. The number of carbonyl (C=O) groups excluding carboxylic acids is 4. The average Bonchev–Trinajstić information content (AvgIpc) is 3.40. The van der Waals surface area contributed by atoms with E-state index >= 15 is 0 Å². The number of piperidine rings is 1. The van der Waals surface area contributed by atoms with Crippen LogP contribution in [0.3, 0.4) is 0 Å². The Labute approximate surface area is 308 Å². The summed E-state index contributed by atoms with van der Waals surface area (Å²) in [6, 6.07) is 22.8. The first-order valence-electron chi connectivity index (χ1n) is 17.6. The molecule has 1 aliphatic heterocycles. The Kier molecular flexibility index (Phi) is 8.95. The maximum atomic E-state index is 13.8. The number of ketones is 3. The maximum Gasteiger partial charge on any atom is 0.307 e. The van der Waals surface area contributed by atoms with Gasteiger partial charge in [-0.15, -0.1) is 0 Å². The van der Waals surface area contributed by atoms with Gasteiger partial charge in [-0.3, -0.25) is 24.0 Å². The summed E-state index contributed by atoms with van der Waals surface area (Å²) in [6.07, 6.45) is 4.07. The number of Topliss-reactive ketones (excluding diaryl/α,β-unsaturated/α-hetero) is 2. The minimum absolute atomic E-state index is 0.0589. The van der Waals surface area contributed by atoms with Crippen molar-refractivity contribution in [3.05, 3.63) is 118 Å². The molecule has 11 heteroatoms. The van der Waals surface area contributed by atoms with Gasteiger partial charge in [0.15, 0.2) is 11.6 Å². The lowest BCUT2D eigenvalue weighted by Crippen LogP contribution is -2.33. The van der Waals surface area contributed by atoms with Crippen LogP contribution in [0.15, 0.2) is 84.6 Å². The minimum Gasteiger partial charge on any atom is -0.481 e. The van der Waals surface area contributed by atoms with E-state index in [0.29, 0.717) is 54.6 Å². The van der Waals surface area contributed by atoms with Crippen LogP contribution in [-0.4, -0.2) is 67.3 Å². The molecule has 9 nitrogen and oxygen atoms in total. The summed E-state index contributed by atoms with van der Waals surface area (Å²) in [5.74, 6) is 0.144. The predicted molar refractivity (Wildman–Crippen MR) is 204 cm³/mol. The molecule has 5 aromatic rings. The molecule has 3 aromatic carbocycles. The van der Waals surface area contributed by atoms with Gasteiger partial charge >= 0.3 is 5.97 Å². The Hall–Kier alpha value is -4.87. The standard InChI is InChI=1S/C41H37N3O6S2/c1-2-25(40(49)50)22-52-51-12-11-29(45)15-23-7-9-32-26(13-23)17-34(42-32)37(47)16-24-8-10-33-27(14-24)18-35(43-33)39(48)44-21-28-20-41(28)31-6-4-3-5-30(31)36(46)19-38(41)44/h3-10,13-14,17-19,25,28,42-43H,2,11-12,15-16,20-22H2,1H3,(H,49,50)/t25-,28?,41?/m0/s1. The molecule has 2 unspecified atom stereocenters. The van der Waals surface area contributed by atoms with Crippen molar-refractivity contribution >= 4 is 72.6 Å². The number of allylic oxidation sites excluding steroid dienone is 2. The fourth-order valence-corrected chi connectivity index (χ4v) is 10.3. The number of benzene rings is 3. The minimum atomic E-state index is -0.782. The lowest BCUT2D eigenvalue weighted by atomic mass is 9.81. The van der Waals surface area contributed by atoms with Crippen molar-refractivity contribution in [3.8, 4) is 0 Å². The lowest BCUT2D eigenvalue weighted by molar-refractivity contribution is -0.141. The lowest BCUT2D eigenvalue weighted by Gasteiger charge is -2.29. The molecule has 3 heterocycles. The summed E-state index contributed by atoms with van der Waals surface area (Å²) in [7, 11) is 3.03. The number of aromatic amines is 2. The number of fused-ring (bicyclic) bond motifs is 3. The van der Waals surface area contributed by atoms with Crippen molar-refractivity contribution < 1.29 is 29.1 Å². The molecule has 2 aliphatic carbocycles. The highest BCUT2D eigenvalue weighted by molar-refractivity contribution is 8.76. The van der Waals surface area contributed by atoms with Gasteiger partial charge in [-0.25, -0.2) is 0 Å². The van der Waals surface area contributed by atoms with Crippen molar-refractivity contribution in [3.63, 3.8) is 0 Å². The molecule has 52 heavy (non-hydrogen) atoms. The van der Waals surface area contributed by atoms with Crippen LogP contribution >= 0.6 is 21.6 Å². The third-order valence-corrected chi connectivity index (χ3v) is 13.3. The Morgan fingerprint density at radius 3 is 2.33 bits per heavy atom. The molecular formula is C41H37N3O6S2. The van der Waals surface area contributed by atoms with Crippen LogP contribution in [0.2, 0.25) is 0 Å². The van der Waals surface area contributed by atoms with Crippen molar-refractivity contribution in [2.75, 3.05) is 18.1 Å². The van der Waals surface area contributed by atoms with Gasteiger partial charge in [0.25, 0.3) is 5.91 Å². The number of H-pyrrole nitrogens is 2. The van der Waals surface area contributed by atoms with E-state index in [4.69, 9.17) is 0 Å². The number of carboxylic acid groups (broad SMARTS) is 1. The van der Waals surface area contributed by atoms with Gasteiger partial charge in [0.1, 0.15) is 11.5 Å². The molecule has 3 N–H and O–H groups in total. The number of carbonyl (C=O) groups is 5. The van der Waals surface area contributed by atoms with Crippen molar-refractivity contribution in [2.24, 2.45) is 11.8 Å². The molecule has 1 saturated carbocycles. The maximum absolute atomic E-state index is 13.8. The summed E-state index contributed by atoms with van der Waals surface area (Å²) in [5, 5.41) is 10.9. The van der Waals surface area contributed by atoms with E-state index < -0.39 is 5.97 Å². The number of likely N-dealkylation sites (tertiary alicyclic amines) is 1. The number of hydrogen-bond donors (Lipinski definition) is 3. The van der Waals surface area contributed by atoms with E-state index in [9.17, 15) is 29.1 Å². The zero-order valence-corrected chi connectivity index (χ0v) is 30.2. The Morgan fingerprint density at radius 1 is 0.904 bits per heavy atom. The molecule has 1 spiro atoms. The summed E-state index contributed by atoms with van der Waals surface area (Å²) in [5.41, 5.74) is 6.59. The molecule has 1 saturated heterocycles. The van der Waals surface area contributed by atoms with Gasteiger partial charge in [0.2, 0.25) is 0 Å². The van der Waals surface area contributed by atoms with E-state index in [0.717, 1.165) is 56.2 Å². The third-order valence-electron chi connectivity index (χ3n) is 10.8.